The SMILES string of the molecule is CCOC(=O)c1c(NC(=O)C[NH+](C)Cc2ccsc2)sc(C(N)=O)c1C. The molecule has 1 atom stereocenters. The Balaban J connectivity index is 2.13. The summed E-state index contributed by atoms with van der Waals surface area (Å²) >= 11 is 2.61. The molecule has 2 aromatic heterocycles. The maximum atomic E-state index is 12.4. The summed E-state index contributed by atoms with van der Waals surface area (Å²) in [5.41, 5.74) is 7.14. The van der Waals surface area contributed by atoms with Crippen molar-refractivity contribution >= 4 is 45.5 Å². The molecule has 0 aliphatic heterocycles. The summed E-state index contributed by atoms with van der Waals surface area (Å²) in [7, 11) is 1.91. The predicted molar refractivity (Wildman–Crippen MR) is 102 cm³/mol. The molecule has 0 aliphatic carbocycles. The van der Waals surface area contributed by atoms with Gasteiger partial charge >= 0.3 is 5.97 Å². The van der Waals surface area contributed by atoms with Crippen molar-refractivity contribution in [2.75, 3.05) is 25.5 Å². The minimum absolute atomic E-state index is 0.189. The Hall–Kier alpha value is -2.23. The fourth-order valence-corrected chi connectivity index (χ4v) is 4.27. The number of nitrogens with one attached hydrogen (secondary N) is 2. The van der Waals surface area contributed by atoms with Crippen LogP contribution in [-0.4, -0.2) is 38.0 Å². The van der Waals surface area contributed by atoms with E-state index in [1.807, 2.05) is 23.9 Å². The highest BCUT2D eigenvalue weighted by Crippen LogP contribution is 2.33. The van der Waals surface area contributed by atoms with Gasteiger partial charge in [-0.25, -0.2) is 4.79 Å². The predicted octanol–water partition coefficient (Wildman–Crippen LogP) is 1.05. The van der Waals surface area contributed by atoms with E-state index in [9.17, 15) is 14.4 Å². The highest BCUT2D eigenvalue weighted by atomic mass is 32.1. The normalized spacial score (nSPS) is 11.8. The van der Waals surface area contributed by atoms with E-state index in [-0.39, 0.29) is 29.5 Å². The summed E-state index contributed by atoms with van der Waals surface area (Å²) in [5, 5.41) is 7.06. The summed E-state index contributed by atoms with van der Waals surface area (Å²) in [4.78, 5) is 37.4. The van der Waals surface area contributed by atoms with Crippen molar-refractivity contribution in [3.05, 3.63) is 38.4 Å². The monoisotopic (exact) mass is 396 g/mol. The van der Waals surface area contributed by atoms with Gasteiger partial charge in [0.15, 0.2) is 6.54 Å². The number of quaternary nitrogens is 1. The van der Waals surface area contributed by atoms with Crippen LogP contribution in [0.1, 0.15) is 38.1 Å². The van der Waals surface area contributed by atoms with Gasteiger partial charge in [0, 0.05) is 5.56 Å². The first-order valence-electron chi connectivity index (χ1n) is 8.06. The zero-order valence-electron chi connectivity index (χ0n) is 14.9. The quantitative estimate of drug-likeness (QED) is 0.580. The molecule has 2 heterocycles. The summed E-state index contributed by atoms with van der Waals surface area (Å²) in [6, 6.07) is 2.02. The van der Waals surface area contributed by atoms with E-state index >= 15 is 0 Å². The molecule has 0 aromatic carbocycles. The number of carbonyl (C=O) groups excluding carboxylic acids is 3. The van der Waals surface area contributed by atoms with Crippen LogP contribution >= 0.6 is 22.7 Å². The van der Waals surface area contributed by atoms with Crippen LogP contribution in [0, 0.1) is 6.92 Å². The molecule has 9 heteroatoms. The second-order valence-corrected chi connectivity index (χ2v) is 7.64. The summed E-state index contributed by atoms with van der Waals surface area (Å²) < 4.78 is 5.04. The fraction of sp³-hybridized carbons (Fsp3) is 0.353. The molecule has 2 aromatic rings. The van der Waals surface area contributed by atoms with Crippen LogP contribution in [0.4, 0.5) is 5.00 Å². The average molecular weight is 397 g/mol. The zero-order chi connectivity index (χ0) is 19.3. The molecule has 140 valence electrons. The highest BCUT2D eigenvalue weighted by Gasteiger charge is 2.26. The number of anilines is 1. The Kier molecular flexibility index (Phi) is 6.90. The number of thiophene rings is 2. The molecule has 0 saturated carbocycles. The molecular formula is C17H22N3O4S2+. The number of likely N-dealkylation sites (N-methyl/N-ethyl adjacent to an activating group) is 1. The Morgan fingerprint density at radius 2 is 2.08 bits per heavy atom. The van der Waals surface area contributed by atoms with Crippen LogP contribution in [0.5, 0.6) is 0 Å². The number of hydrogen-bond donors (Lipinski definition) is 3. The van der Waals surface area contributed by atoms with E-state index in [4.69, 9.17) is 10.5 Å². The van der Waals surface area contributed by atoms with Gasteiger partial charge in [0.2, 0.25) is 0 Å². The number of rotatable bonds is 8. The van der Waals surface area contributed by atoms with Crippen molar-refractivity contribution in [3.63, 3.8) is 0 Å². The number of carbonyl (C=O) groups is 3. The van der Waals surface area contributed by atoms with Gasteiger partial charge in [0.25, 0.3) is 11.8 Å². The van der Waals surface area contributed by atoms with Crippen molar-refractivity contribution in [3.8, 4) is 0 Å². The molecule has 0 bridgehead atoms. The van der Waals surface area contributed by atoms with Crippen molar-refractivity contribution in [2.24, 2.45) is 5.73 Å². The maximum Gasteiger partial charge on any atom is 0.341 e. The molecule has 0 fully saturated rings. The molecular weight excluding hydrogens is 374 g/mol. The minimum atomic E-state index is -0.640. The van der Waals surface area contributed by atoms with Gasteiger partial charge < -0.3 is 20.7 Å². The number of hydrogen-bond acceptors (Lipinski definition) is 6. The lowest BCUT2D eigenvalue weighted by Crippen LogP contribution is -3.08. The van der Waals surface area contributed by atoms with Gasteiger partial charge in [0.1, 0.15) is 11.5 Å². The van der Waals surface area contributed by atoms with Gasteiger partial charge in [-0.2, -0.15) is 11.3 Å². The minimum Gasteiger partial charge on any atom is -0.462 e. The number of esters is 1. The second kappa shape index (κ2) is 8.93. The van der Waals surface area contributed by atoms with E-state index in [0.29, 0.717) is 10.6 Å². The Morgan fingerprint density at radius 1 is 1.35 bits per heavy atom. The summed E-state index contributed by atoms with van der Waals surface area (Å²) in [6.45, 7) is 4.45. The largest absolute Gasteiger partial charge is 0.462 e. The second-order valence-electron chi connectivity index (χ2n) is 5.84. The molecule has 2 rings (SSSR count). The van der Waals surface area contributed by atoms with Crippen LogP contribution in [0.15, 0.2) is 16.8 Å². The van der Waals surface area contributed by atoms with Gasteiger partial charge in [-0.15, -0.1) is 11.3 Å². The molecule has 0 aliphatic rings. The molecule has 4 N–H and O–H groups in total. The lowest BCUT2D eigenvalue weighted by Gasteiger charge is -2.13. The van der Waals surface area contributed by atoms with Crippen LogP contribution in [0.25, 0.3) is 0 Å². The third-order valence-corrected chi connectivity index (χ3v) is 5.61. The number of primary amides is 1. The van der Waals surface area contributed by atoms with Crippen LogP contribution < -0.4 is 16.0 Å². The molecule has 0 saturated heterocycles. The molecule has 0 radical (unpaired) electrons. The highest BCUT2D eigenvalue weighted by molar-refractivity contribution is 7.18. The topological polar surface area (TPSA) is 103 Å². The van der Waals surface area contributed by atoms with Crippen LogP contribution in [0.3, 0.4) is 0 Å². The third-order valence-electron chi connectivity index (χ3n) is 3.65. The van der Waals surface area contributed by atoms with E-state index in [2.05, 4.69) is 5.32 Å². The first kappa shape index (κ1) is 20.1. The Morgan fingerprint density at radius 3 is 2.65 bits per heavy atom. The summed E-state index contributed by atoms with van der Waals surface area (Å²) in [6.07, 6.45) is 0. The average Bonchev–Trinajstić information content (AvgIpc) is 3.15. The summed E-state index contributed by atoms with van der Waals surface area (Å²) in [5.74, 6) is -1.47. The fourth-order valence-electron chi connectivity index (χ4n) is 2.53. The first-order valence-corrected chi connectivity index (χ1v) is 9.81. The van der Waals surface area contributed by atoms with E-state index < -0.39 is 11.9 Å². The zero-order valence-corrected chi connectivity index (χ0v) is 16.5. The first-order chi connectivity index (χ1) is 12.3. The molecule has 1 unspecified atom stereocenters. The number of amides is 2. The standard InChI is InChI=1S/C17H21N3O4S2/c1-4-24-17(23)13-10(2)14(15(18)22)26-16(13)19-12(21)8-20(3)7-11-5-6-25-9-11/h5-6,9H,4,7-8H2,1-3H3,(H2,18,22)(H,19,21)/p+1. The van der Waals surface area contributed by atoms with E-state index in [1.165, 1.54) is 0 Å². The molecule has 2 amide bonds. The van der Waals surface area contributed by atoms with Gasteiger partial charge in [-0.1, -0.05) is 0 Å². The lowest BCUT2D eigenvalue weighted by molar-refractivity contribution is -0.885. The molecule has 0 spiro atoms. The van der Waals surface area contributed by atoms with Crippen LogP contribution in [0.2, 0.25) is 0 Å². The van der Waals surface area contributed by atoms with Crippen molar-refractivity contribution in [2.45, 2.75) is 20.4 Å². The van der Waals surface area contributed by atoms with E-state index in [0.717, 1.165) is 28.3 Å². The Bertz CT molecular complexity index is 799. The Labute approximate surface area is 159 Å². The van der Waals surface area contributed by atoms with Crippen LogP contribution in [-0.2, 0) is 16.1 Å². The molecule has 7 nitrogen and oxygen atoms in total. The van der Waals surface area contributed by atoms with E-state index in [1.54, 1.807) is 25.2 Å². The molecule has 26 heavy (non-hydrogen) atoms. The smallest absolute Gasteiger partial charge is 0.341 e. The number of nitrogens with two attached hydrogens (primary N) is 1. The maximum absolute atomic E-state index is 12.4. The van der Waals surface area contributed by atoms with Crippen molar-refractivity contribution < 1.29 is 24.0 Å². The number of ether oxygens (including phenoxy) is 1. The van der Waals surface area contributed by atoms with Gasteiger partial charge in [-0.3, -0.25) is 9.59 Å². The third kappa shape index (κ3) is 4.90. The van der Waals surface area contributed by atoms with Crippen molar-refractivity contribution in [1.29, 1.82) is 0 Å². The van der Waals surface area contributed by atoms with Gasteiger partial charge in [-0.05, 0) is 36.2 Å². The van der Waals surface area contributed by atoms with Crippen molar-refractivity contribution in [1.82, 2.24) is 0 Å². The lowest BCUT2D eigenvalue weighted by atomic mass is 10.1. The van der Waals surface area contributed by atoms with Gasteiger partial charge in [0.05, 0.1) is 24.1 Å².